The highest BCUT2D eigenvalue weighted by molar-refractivity contribution is 14.0. The Kier molecular flexibility index (Phi) is 10.5. The first-order valence-electron chi connectivity index (χ1n) is 10.2. The van der Waals surface area contributed by atoms with Gasteiger partial charge in [-0.05, 0) is 44.9 Å². The highest BCUT2D eigenvalue weighted by atomic mass is 127. The molecule has 31 heavy (non-hydrogen) atoms. The highest BCUT2D eigenvalue weighted by Crippen LogP contribution is 2.29. The first-order chi connectivity index (χ1) is 14.0. The molecule has 1 aliphatic rings. The Morgan fingerprint density at radius 2 is 1.84 bits per heavy atom. The third-order valence-electron chi connectivity index (χ3n) is 5.17. The molecule has 0 spiro atoms. The highest BCUT2D eigenvalue weighted by Gasteiger charge is 2.30. The van der Waals surface area contributed by atoms with Gasteiger partial charge in [0.1, 0.15) is 0 Å². The van der Waals surface area contributed by atoms with E-state index in [-0.39, 0.29) is 35.9 Å². The van der Waals surface area contributed by atoms with Gasteiger partial charge in [0.2, 0.25) is 5.91 Å². The minimum absolute atomic E-state index is 0. The van der Waals surface area contributed by atoms with Gasteiger partial charge in [-0.1, -0.05) is 12.1 Å². The van der Waals surface area contributed by atoms with Gasteiger partial charge in [0.15, 0.2) is 5.96 Å². The van der Waals surface area contributed by atoms with Crippen molar-refractivity contribution in [2.75, 3.05) is 33.2 Å². The van der Waals surface area contributed by atoms with E-state index < -0.39 is 17.2 Å². The number of hydrogen-bond acceptors (Lipinski definition) is 3. The number of carbonyl (C=O) groups is 1. The maximum absolute atomic E-state index is 12.7. The Bertz CT molecular complexity index is 738. The fraction of sp³-hybridized carbons (Fsp3) is 0.619. The summed E-state index contributed by atoms with van der Waals surface area (Å²) in [5.74, 6) is 0.616. The number of rotatable bonds is 7. The lowest BCUT2D eigenvalue weighted by Gasteiger charge is -2.26. The number of nitrogens with zero attached hydrogens (tertiary/aromatic N) is 2. The van der Waals surface area contributed by atoms with E-state index in [0.717, 1.165) is 37.2 Å². The van der Waals surface area contributed by atoms with E-state index in [1.165, 1.54) is 12.1 Å². The molecule has 176 valence electrons. The van der Waals surface area contributed by atoms with Crippen molar-refractivity contribution in [1.29, 1.82) is 0 Å². The van der Waals surface area contributed by atoms with Crippen molar-refractivity contribution in [3.63, 3.8) is 0 Å². The van der Waals surface area contributed by atoms with E-state index in [9.17, 15) is 18.0 Å². The monoisotopic (exact) mass is 555 g/mol. The van der Waals surface area contributed by atoms with Gasteiger partial charge in [-0.15, -0.1) is 24.0 Å². The zero-order valence-corrected chi connectivity index (χ0v) is 20.8. The van der Waals surface area contributed by atoms with Crippen LogP contribution in [0.25, 0.3) is 0 Å². The maximum Gasteiger partial charge on any atom is 0.416 e. The molecule has 1 aliphatic heterocycles. The number of alkyl halides is 3. The average molecular weight is 555 g/mol. The second-order valence-electron chi connectivity index (χ2n) is 8.23. The van der Waals surface area contributed by atoms with Crippen molar-refractivity contribution in [3.05, 3.63) is 35.4 Å². The summed E-state index contributed by atoms with van der Waals surface area (Å²) < 4.78 is 38.1. The van der Waals surface area contributed by atoms with Crippen LogP contribution >= 0.6 is 24.0 Å². The molecule has 10 heteroatoms. The topological polar surface area (TPSA) is 68.8 Å². The van der Waals surface area contributed by atoms with Crippen molar-refractivity contribution < 1.29 is 18.0 Å². The lowest BCUT2D eigenvalue weighted by Crippen LogP contribution is -2.50. The fourth-order valence-corrected chi connectivity index (χ4v) is 3.32. The van der Waals surface area contributed by atoms with Gasteiger partial charge in [0.25, 0.3) is 0 Å². The van der Waals surface area contributed by atoms with E-state index in [1.807, 2.05) is 20.8 Å². The Labute approximate surface area is 199 Å². The molecule has 1 aromatic rings. The molecule has 6 nitrogen and oxygen atoms in total. The van der Waals surface area contributed by atoms with Crippen molar-refractivity contribution in [1.82, 2.24) is 20.9 Å². The summed E-state index contributed by atoms with van der Waals surface area (Å²) in [5, 5.41) is 9.42. The molecule has 1 fully saturated rings. The van der Waals surface area contributed by atoms with Crippen molar-refractivity contribution in [3.8, 4) is 0 Å². The lowest BCUT2D eigenvalue weighted by atomic mass is 9.92. The summed E-state index contributed by atoms with van der Waals surface area (Å²) in [6.07, 6.45) is -3.41. The first-order valence-corrected chi connectivity index (χ1v) is 10.2. The smallest absolute Gasteiger partial charge is 0.356 e. The van der Waals surface area contributed by atoms with Crippen LogP contribution in [0.4, 0.5) is 13.2 Å². The standard InChI is InChI=1S/C21H32F3N5O.HI/c1-5-26-18(30)20(2,3)14-27-19(25-4)28-17-10-11-29(13-17)12-15-6-8-16(9-7-15)21(22,23)24;/h6-9,17H,5,10-14H2,1-4H3,(H,26,30)(H2,25,27,28);1H. The number of carbonyl (C=O) groups excluding carboxylic acids is 1. The second kappa shape index (κ2) is 11.9. The number of guanidine groups is 1. The molecule has 0 aromatic heterocycles. The SMILES string of the molecule is CCNC(=O)C(C)(C)CNC(=NC)NC1CCN(Cc2ccc(C(F)(F)F)cc2)C1.I. The number of nitrogens with one attached hydrogen (secondary N) is 3. The van der Waals surface area contributed by atoms with Crippen molar-refractivity contribution >= 4 is 35.8 Å². The zero-order chi connectivity index (χ0) is 22.4. The molecule has 0 saturated carbocycles. The van der Waals surface area contributed by atoms with E-state index >= 15 is 0 Å². The predicted molar refractivity (Wildman–Crippen MR) is 128 cm³/mol. The maximum atomic E-state index is 12.7. The summed E-state index contributed by atoms with van der Waals surface area (Å²) >= 11 is 0. The number of halogens is 4. The van der Waals surface area contributed by atoms with Gasteiger partial charge < -0.3 is 16.0 Å². The number of likely N-dealkylation sites (tertiary alicyclic amines) is 1. The minimum Gasteiger partial charge on any atom is -0.356 e. The number of aliphatic imine (C=N–C) groups is 1. The molecule has 1 aromatic carbocycles. The van der Waals surface area contributed by atoms with Crippen molar-refractivity contribution in [2.45, 2.75) is 46.0 Å². The van der Waals surface area contributed by atoms with E-state index in [1.54, 1.807) is 7.05 Å². The normalized spacial score (nSPS) is 17.8. The molecule has 3 N–H and O–H groups in total. The summed E-state index contributed by atoms with van der Waals surface area (Å²) in [6, 6.07) is 5.51. The van der Waals surface area contributed by atoms with Crippen LogP contribution in [0, 0.1) is 5.41 Å². The van der Waals surface area contributed by atoms with Crippen LogP contribution < -0.4 is 16.0 Å². The van der Waals surface area contributed by atoms with Gasteiger partial charge in [-0.25, -0.2) is 0 Å². The number of amides is 1. The summed E-state index contributed by atoms with van der Waals surface area (Å²) in [7, 11) is 1.68. The van der Waals surface area contributed by atoms with Crippen LogP contribution in [0.1, 0.15) is 38.3 Å². The lowest BCUT2D eigenvalue weighted by molar-refractivity contribution is -0.137. The molecule has 1 unspecified atom stereocenters. The second-order valence-corrected chi connectivity index (χ2v) is 8.23. The van der Waals surface area contributed by atoms with Gasteiger partial charge in [-0.3, -0.25) is 14.7 Å². The van der Waals surface area contributed by atoms with Crippen molar-refractivity contribution in [2.24, 2.45) is 10.4 Å². The molecule has 0 radical (unpaired) electrons. The Hall–Kier alpha value is -1.56. The average Bonchev–Trinajstić information content (AvgIpc) is 3.11. The first kappa shape index (κ1) is 27.5. The van der Waals surface area contributed by atoms with Gasteiger partial charge in [-0.2, -0.15) is 13.2 Å². The molecular weight excluding hydrogens is 522 g/mol. The third kappa shape index (κ3) is 8.47. The van der Waals surface area contributed by atoms with Gasteiger partial charge in [0.05, 0.1) is 11.0 Å². The van der Waals surface area contributed by atoms with E-state index in [2.05, 4.69) is 25.8 Å². The molecule has 1 atom stereocenters. The molecule has 0 aliphatic carbocycles. The Balaban J connectivity index is 0.00000480. The molecule has 1 saturated heterocycles. The number of hydrogen-bond donors (Lipinski definition) is 3. The van der Waals surface area contributed by atoms with Crippen LogP contribution in [0.5, 0.6) is 0 Å². The van der Waals surface area contributed by atoms with Gasteiger partial charge in [0, 0.05) is 45.8 Å². The fourth-order valence-electron chi connectivity index (χ4n) is 3.32. The molecule has 1 amide bonds. The van der Waals surface area contributed by atoms with Crippen LogP contribution in [0.15, 0.2) is 29.3 Å². The summed E-state index contributed by atoms with van der Waals surface area (Å²) in [6.45, 7) is 8.89. The van der Waals surface area contributed by atoms with Crippen LogP contribution in [0.3, 0.4) is 0 Å². The Morgan fingerprint density at radius 3 is 2.39 bits per heavy atom. The minimum atomic E-state index is -4.31. The Morgan fingerprint density at radius 1 is 1.19 bits per heavy atom. The van der Waals surface area contributed by atoms with Crippen LogP contribution in [-0.4, -0.2) is 56.0 Å². The quantitative estimate of drug-likeness (QED) is 0.275. The molecule has 0 bridgehead atoms. The van der Waals surface area contributed by atoms with E-state index in [0.29, 0.717) is 25.6 Å². The molecule has 2 rings (SSSR count). The molecule has 1 heterocycles. The molecular formula is C21H33F3IN5O. The van der Waals surface area contributed by atoms with Crippen LogP contribution in [-0.2, 0) is 17.5 Å². The largest absolute Gasteiger partial charge is 0.416 e. The van der Waals surface area contributed by atoms with Gasteiger partial charge >= 0.3 is 6.18 Å². The summed E-state index contributed by atoms with van der Waals surface area (Å²) in [4.78, 5) is 18.6. The summed E-state index contributed by atoms with van der Waals surface area (Å²) in [5.41, 5.74) is -0.342. The number of benzene rings is 1. The zero-order valence-electron chi connectivity index (χ0n) is 18.5. The van der Waals surface area contributed by atoms with E-state index in [4.69, 9.17) is 0 Å². The predicted octanol–water partition coefficient (Wildman–Crippen LogP) is 3.23. The third-order valence-corrected chi connectivity index (χ3v) is 5.17. The van der Waals surface area contributed by atoms with Crippen LogP contribution in [0.2, 0.25) is 0 Å².